The van der Waals surface area contributed by atoms with Crippen molar-refractivity contribution in [3.05, 3.63) is 42.0 Å². The number of hydrogen-bond donors (Lipinski definition) is 1. The highest BCUT2D eigenvalue weighted by atomic mass is 15.3. The molecular formula is C16H21N7. The molecule has 3 aromatic rings. The Bertz CT molecular complexity index is 785. The zero-order chi connectivity index (χ0) is 16.4. The van der Waals surface area contributed by atoms with Crippen molar-refractivity contribution in [3.63, 3.8) is 0 Å². The van der Waals surface area contributed by atoms with E-state index in [1.807, 2.05) is 41.5 Å². The van der Waals surface area contributed by atoms with Crippen molar-refractivity contribution >= 4 is 5.82 Å². The third-order valence-electron chi connectivity index (χ3n) is 3.66. The Kier molecular flexibility index (Phi) is 4.10. The fourth-order valence-corrected chi connectivity index (χ4v) is 2.56. The quantitative estimate of drug-likeness (QED) is 0.782. The van der Waals surface area contributed by atoms with E-state index in [-0.39, 0.29) is 6.04 Å². The van der Waals surface area contributed by atoms with Gasteiger partial charge in [0, 0.05) is 31.2 Å². The number of imidazole rings is 1. The van der Waals surface area contributed by atoms with Gasteiger partial charge in [-0.1, -0.05) is 0 Å². The van der Waals surface area contributed by atoms with Crippen molar-refractivity contribution < 1.29 is 0 Å². The standard InChI is InChI=1S/C16H21N7/c1-11-9-13(3)23(21-11)10-12(2)18-15-6-5-14(19-20-15)16-17-7-8-22(16)4/h5-9,12H,10H2,1-4H3,(H,18,20)/t12-/m0/s1. The maximum Gasteiger partial charge on any atom is 0.160 e. The van der Waals surface area contributed by atoms with Gasteiger partial charge in [0.2, 0.25) is 0 Å². The van der Waals surface area contributed by atoms with E-state index in [9.17, 15) is 0 Å². The van der Waals surface area contributed by atoms with Gasteiger partial charge in [-0.15, -0.1) is 10.2 Å². The monoisotopic (exact) mass is 311 g/mol. The molecule has 3 rings (SSSR count). The summed E-state index contributed by atoms with van der Waals surface area (Å²) in [5.41, 5.74) is 2.95. The first kappa shape index (κ1) is 15.2. The van der Waals surface area contributed by atoms with Crippen molar-refractivity contribution in [1.82, 2.24) is 29.5 Å². The second kappa shape index (κ2) is 6.20. The molecule has 0 fully saturated rings. The van der Waals surface area contributed by atoms with Gasteiger partial charge >= 0.3 is 0 Å². The van der Waals surface area contributed by atoms with Crippen molar-refractivity contribution in [2.75, 3.05) is 5.32 Å². The molecule has 0 aromatic carbocycles. The van der Waals surface area contributed by atoms with Crippen molar-refractivity contribution in [3.8, 4) is 11.5 Å². The van der Waals surface area contributed by atoms with Crippen LogP contribution in [-0.2, 0) is 13.6 Å². The summed E-state index contributed by atoms with van der Waals surface area (Å²) in [6.45, 7) is 6.95. The van der Waals surface area contributed by atoms with Gasteiger partial charge in [-0.25, -0.2) is 4.98 Å². The highest BCUT2D eigenvalue weighted by Gasteiger charge is 2.09. The molecular weight excluding hydrogens is 290 g/mol. The SMILES string of the molecule is Cc1cc(C)n(C[C@H](C)Nc2ccc(-c3nccn3C)nn2)n1. The fraction of sp³-hybridized carbons (Fsp3) is 0.375. The number of aromatic nitrogens is 6. The van der Waals surface area contributed by atoms with Crippen LogP contribution in [-0.4, -0.2) is 35.6 Å². The Balaban J connectivity index is 1.66. The molecule has 0 amide bonds. The lowest BCUT2D eigenvalue weighted by atomic mass is 10.3. The van der Waals surface area contributed by atoms with Crippen LogP contribution in [0.4, 0.5) is 5.82 Å². The topological polar surface area (TPSA) is 73.5 Å². The maximum absolute atomic E-state index is 4.48. The Morgan fingerprint density at radius 2 is 2.04 bits per heavy atom. The summed E-state index contributed by atoms with van der Waals surface area (Å²) in [4.78, 5) is 4.27. The van der Waals surface area contributed by atoms with Crippen LogP contribution in [0.2, 0.25) is 0 Å². The van der Waals surface area contributed by atoms with Crippen LogP contribution >= 0.6 is 0 Å². The zero-order valence-corrected chi connectivity index (χ0v) is 13.9. The van der Waals surface area contributed by atoms with Gasteiger partial charge in [-0.3, -0.25) is 4.68 Å². The van der Waals surface area contributed by atoms with Gasteiger partial charge in [-0.2, -0.15) is 5.10 Å². The minimum atomic E-state index is 0.196. The number of aryl methyl sites for hydroxylation is 3. The van der Waals surface area contributed by atoms with Gasteiger partial charge in [0.1, 0.15) is 11.5 Å². The van der Waals surface area contributed by atoms with E-state index in [0.29, 0.717) is 0 Å². The Morgan fingerprint density at radius 1 is 1.22 bits per heavy atom. The largest absolute Gasteiger partial charge is 0.364 e. The molecule has 0 bridgehead atoms. The Hall–Kier alpha value is -2.70. The third-order valence-corrected chi connectivity index (χ3v) is 3.66. The van der Waals surface area contributed by atoms with Crippen LogP contribution in [0.15, 0.2) is 30.6 Å². The summed E-state index contributed by atoms with van der Waals surface area (Å²) in [5.74, 6) is 1.55. The molecule has 0 spiro atoms. The van der Waals surface area contributed by atoms with Crippen LogP contribution in [0, 0.1) is 13.8 Å². The predicted molar refractivity (Wildman–Crippen MR) is 89.0 cm³/mol. The molecule has 7 nitrogen and oxygen atoms in total. The van der Waals surface area contributed by atoms with Gasteiger partial charge < -0.3 is 9.88 Å². The summed E-state index contributed by atoms with van der Waals surface area (Å²) < 4.78 is 3.92. The molecule has 0 aliphatic carbocycles. The minimum absolute atomic E-state index is 0.196. The van der Waals surface area contributed by atoms with Gasteiger partial charge in [-0.05, 0) is 39.0 Å². The molecule has 0 radical (unpaired) electrons. The molecule has 1 atom stereocenters. The average molecular weight is 311 g/mol. The smallest absolute Gasteiger partial charge is 0.160 e. The van der Waals surface area contributed by atoms with E-state index in [0.717, 1.165) is 35.3 Å². The molecule has 3 aromatic heterocycles. The molecule has 0 saturated carbocycles. The Morgan fingerprint density at radius 3 is 2.61 bits per heavy atom. The number of nitrogens with zero attached hydrogens (tertiary/aromatic N) is 6. The Labute approximate surface area is 135 Å². The first-order chi connectivity index (χ1) is 11.0. The molecule has 1 N–H and O–H groups in total. The van der Waals surface area contributed by atoms with Crippen molar-refractivity contribution in [1.29, 1.82) is 0 Å². The summed E-state index contributed by atoms with van der Waals surface area (Å²) in [7, 11) is 1.94. The van der Waals surface area contributed by atoms with Crippen LogP contribution in [0.3, 0.4) is 0 Å². The van der Waals surface area contributed by atoms with E-state index < -0.39 is 0 Å². The van der Waals surface area contributed by atoms with Crippen LogP contribution in [0.5, 0.6) is 0 Å². The predicted octanol–water partition coefficient (Wildman–Crippen LogP) is 2.19. The molecule has 0 aliphatic heterocycles. The van der Waals surface area contributed by atoms with Gasteiger partial charge in [0.05, 0.1) is 12.2 Å². The zero-order valence-electron chi connectivity index (χ0n) is 13.9. The summed E-state index contributed by atoms with van der Waals surface area (Å²) >= 11 is 0. The first-order valence-corrected chi connectivity index (χ1v) is 7.62. The molecule has 120 valence electrons. The number of nitrogens with one attached hydrogen (secondary N) is 1. The van der Waals surface area contributed by atoms with Crippen molar-refractivity contribution in [2.45, 2.75) is 33.4 Å². The lowest BCUT2D eigenvalue weighted by Crippen LogP contribution is -2.24. The van der Waals surface area contributed by atoms with E-state index in [2.05, 4.69) is 45.5 Å². The second-order valence-electron chi connectivity index (χ2n) is 5.82. The van der Waals surface area contributed by atoms with Crippen molar-refractivity contribution in [2.24, 2.45) is 7.05 Å². The molecule has 0 saturated heterocycles. The number of hydrogen-bond acceptors (Lipinski definition) is 5. The van der Waals surface area contributed by atoms with Gasteiger partial charge in [0.15, 0.2) is 5.82 Å². The fourth-order valence-electron chi connectivity index (χ4n) is 2.56. The van der Waals surface area contributed by atoms with E-state index in [1.54, 1.807) is 6.20 Å². The van der Waals surface area contributed by atoms with E-state index in [1.165, 1.54) is 0 Å². The first-order valence-electron chi connectivity index (χ1n) is 7.62. The average Bonchev–Trinajstić information content (AvgIpc) is 3.06. The van der Waals surface area contributed by atoms with Gasteiger partial charge in [0.25, 0.3) is 0 Å². The highest BCUT2D eigenvalue weighted by Crippen LogP contribution is 2.14. The van der Waals surface area contributed by atoms with E-state index >= 15 is 0 Å². The third kappa shape index (κ3) is 3.39. The maximum atomic E-state index is 4.48. The number of anilines is 1. The summed E-state index contributed by atoms with van der Waals surface area (Å²) in [6.07, 6.45) is 3.64. The normalized spacial score (nSPS) is 12.3. The lowest BCUT2D eigenvalue weighted by molar-refractivity contribution is 0.544. The second-order valence-corrected chi connectivity index (χ2v) is 5.82. The molecule has 0 aliphatic rings. The number of rotatable bonds is 5. The minimum Gasteiger partial charge on any atom is -0.364 e. The summed E-state index contributed by atoms with van der Waals surface area (Å²) in [6, 6.07) is 6.12. The van der Waals surface area contributed by atoms with E-state index in [4.69, 9.17) is 0 Å². The molecule has 7 heteroatoms. The lowest BCUT2D eigenvalue weighted by Gasteiger charge is -2.15. The molecule has 0 unspecified atom stereocenters. The summed E-state index contributed by atoms with van der Waals surface area (Å²) in [5, 5.41) is 16.3. The van der Waals surface area contributed by atoms with Crippen LogP contribution in [0.25, 0.3) is 11.5 Å². The molecule has 3 heterocycles. The highest BCUT2D eigenvalue weighted by molar-refractivity contribution is 5.51. The van der Waals surface area contributed by atoms with Crippen LogP contribution in [0.1, 0.15) is 18.3 Å². The van der Waals surface area contributed by atoms with Crippen LogP contribution < -0.4 is 5.32 Å². The molecule has 23 heavy (non-hydrogen) atoms.